The molecule has 8 heteroatoms. The molecule has 2 aromatic carbocycles. The van der Waals surface area contributed by atoms with Crippen molar-refractivity contribution in [2.45, 2.75) is 19.9 Å². The second-order valence-electron chi connectivity index (χ2n) is 8.03. The van der Waals surface area contributed by atoms with Crippen molar-refractivity contribution in [3.8, 4) is 17.1 Å². The Bertz CT molecular complexity index is 1390. The van der Waals surface area contributed by atoms with E-state index >= 15 is 0 Å². The van der Waals surface area contributed by atoms with Crippen LogP contribution >= 0.6 is 0 Å². The Labute approximate surface area is 197 Å². The first-order valence-corrected chi connectivity index (χ1v) is 10.9. The maximum absolute atomic E-state index is 13.6. The van der Waals surface area contributed by atoms with Crippen molar-refractivity contribution >= 4 is 17.5 Å². The third-order valence-corrected chi connectivity index (χ3v) is 5.84. The summed E-state index contributed by atoms with van der Waals surface area (Å²) in [6.07, 6.45) is 3.45. The zero-order valence-corrected chi connectivity index (χ0v) is 19.1. The summed E-state index contributed by atoms with van der Waals surface area (Å²) in [5.74, 6) is 1.48. The molecule has 1 aliphatic heterocycles. The van der Waals surface area contributed by atoms with Gasteiger partial charge in [-0.2, -0.15) is 4.98 Å². The van der Waals surface area contributed by atoms with E-state index in [1.807, 2.05) is 62.4 Å². The molecule has 5 rings (SSSR count). The van der Waals surface area contributed by atoms with E-state index in [4.69, 9.17) is 14.8 Å². The summed E-state index contributed by atoms with van der Waals surface area (Å²) < 4.78 is 7.16. The number of allylic oxidation sites excluding steroid dienone is 1. The smallest absolute Gasteiger partial charge is 0.255 e. The zero-order valence-electron chi connectivity index (χ0n) is 19.1. The highest BCUT2D eigenvalue weighted by molar-refractivity contribution is 6.06. The van der Waals surface area contributed by atoms with Crippen molar-refractivity contribution in [2.75, 3.05) is 17.7 Å². The van der Waals surface area contributed by atoms with Gasteiger partial charge in [-0.25, -0.2) is 4.68 Å². The van der Waals surface area contributed by atoms with Gasteiger partial charge in [0.15, 0.2) is 5.82 Å². The quantitative estimate of drug-likeness (QED) is 0.460. The summed E-state index contributed by atoms with van der Waals surface area (Å²) in [5.41, 5.74) is 4.64. The molecule has 1 unspecified atom stereocenters. The molecular formula is C26H24N6O2. The van der Waals surface area contributed by atoms with Crippen LogP contribution in [0.3, 0.4) is 0 Å². The molecule has 34 heavy (non-hydrogen) atoms. The van der Waals surface area contributed by atoms with Crippen LogP contribution in [0.25, 0.3) is 11.4 Å². The molecule has 2 N–H and O–H groups in total. The summed E-state index contributed by atoms with van der Waals surface area (Å²) in [4.78, 5) is 22.7. The molecule has 1 aliphatic rings. The lowest BCUT2D eigenvalue weighted by atomic mass is 9.96. The molecule has 0 bridgehead atoms. The summed E-state index contributed by atoms with van der Waals surface area (Å²) in [6.45, 7) is 3.89. The van der Waals surface area contributed by atoms with Crippen LogP contribution in [-0.4, -0.2) is 32.8 Å². The van der Waals surface area contributed by atoms with Crippen molar-refractivity contribution in [2.24, 2.45) is 0 Å². The van der Waals surface area contributed by atoms with E-state index in [-0.39, 0.29) is 5.91 Å². The van der Waals surface area contributed by atoms with Crippen LogP contribution in [-0.2, 0) is 4.79 Å². The van der Waals surface area contributed by atoms with E-state index in [1.54, 1.807) is 36.3 Å². The van der Waals surface area contributed by atoms with Crippen LogP contribution in [0.15, 0.2) is 84.3 Å². The topological polar surface area (TPSA) is 94.0 Å². The number of amides is 1. The SMILES string of the molecule is COc1ccccc1NC(=O)C1=C(C)Nc2nc(-c3ccccc3C)nn2C1c1cccnc1. The summed E-state index contributed by atoms with van der Waals surface area (Å²) in [7, 11) is 1.57. The van der Waals surface area contributed by atoms with Gasteiger partial charge >= 0.3 is 0 Å². The standard InChI is InChI=1S/C26H24N6O2/c1-16-9-4-5-11-19(16)24-30-26-28-17(2)22(23(32(26)31-24)18-10-8-14-27-15-18)25(33)29-20-12-6-7-13-21(20)34-3/h4-15,23H,1-3H3,(H,29,33)(H,28,30,31). The van der Waals surface area contributed by atoms with Gasteiger partial charge in [0.05, 0.1) is 18.4 Å². The predicted molar refractivity (Wildman–Crippen MR) is 131 cm³/mol. The first kappa shape index (κ1) is 21.4. The molecule has 1 amide bonds. The molecule has 3 heterocycles. The van der Waals surface area contributed by atoms with E-state index in [1.165, 1.54) is 0 Å². The Hall–Kier alpha value is -4.46. The zero-order chi connectivity index (χ0) is 23.7. The average molecular weight is 453 g/mol. The number of ether oxygens (including phenoxy) is 1. The molecule has 0 spiro atoms. The number of aryl methyl sites for hydroxylation is 1. The number of nitrogens with zero attached hydrogens (tertiary/aromatic N) is 4. The van der Waals surface area contributed by atoms with Gasteiger partial charge in [0.25, 0.3) is 5.91 Å². The van der Waals surface area contributed by atoms with Gasteiger partial charge in [-0.1, -0.05) is 42.5 Å². The summed E-state index contributed by atoms with van der Waals surface area (Å²) in [5, 5.41) is 11.1. The largest absolute Gasteiger partial charge is 0.495 e. The monoisotopic (exact) mass is 452 g/mol. The van der Waals surface area contributed by atoms with Crippen LogP contribution in [0.4, 0.5) is 11.6 Å². The van der Waals surface area contributed by atoms with Crippen molar-refractivity contribution < 1.29 is 9.53 Å². The number of anilines is 2. The number of rotatable bonds is 5. The number of pyridine rings is 1. The number of benzene rings is 2. The minimum Gasteiger partial charge on any atom is -0.495 e. The number of carbonyl (C=O) groups excluding carboxylic acids is 1. The fourth-order valence-electron chi connectivity index (χ4n) is 4.17. The van der Waals surface area contributed by atoms with Gasteiger partial charge in [-0.05, 0) is 43.2 Å². The number of aromatic nitrogens is 4. The fraction of sp³-hybridized carbons (Fsp3) is 0.154. The fourth-order valence-corrected chi connectivity index (χ4v) is 4.17. The van der Waals surface area contributed by atoms with Crippen molar-refractivity contribution in [1.29, 1.82) is 0 Å². The van der Waals surface area contributed by atoms with Gasteiger partial charge in [0.2, 0.25) is 5.95 Å². The van der Waals surface area contributed by atoms with E-state index in [0.29, 0.717) is 34.5 Å². The lowest BCUT2D eigenvalue weighted by molar-refractivity contribution is -0.113. The maximum atomic E-state index is 13.6. The van der Waals surface area contributed by atoms with Gasteiger partial charge in [-0.3, -0.25) is 9.78 Å². The van der Waals surface area contributed by atoms with Crippen LogP contribution in [0.5, 0.6) is 5.75 Å². The second-order valence-corrected chi connectivity index (χ2v) is 8.03. The normalized spacial score (nSPS) is 14.9. The Morgan fingerprint density at radius 2 is 1.85 bits per heavy atom. The number of fused-ring (bicyclic) bond motifs is 1. The lowest BCUT2D eigenvalue weighted by Crippen LogP contribution is -2.31. The van der Waals surface area contributed by atoms with E-state index in [2.05, 4.69) is 15.6 Å². The van der Waals surface area contributed by atoms with Crippen LogP contribution in [0.1, 0.15) is 24.1 Å². The molecule has 8 nitrogen and oxygen atoms in total. The minimum atomic E-state index is -0.509. The van der Waals surface area contributed by atoms with Crippen molar-refractivity contribution in [3.05, 3.63) is 95.5 Å². The first-order chi connectivity index (χ1) is 16.6. The molecule has 0 saturated carbocycles. The van der Waals surface area contributed by atoms with Crippen molar-refractivity contribution in [1.82, 2.24) is 19.7 Å². The second kappa shape index (κ2) is 8.82. The van der Waals surface area contributed by atoms with Crippen LogP contribution in [0.2, 0.25) is 0 Å². The highest BCUT2D eigenvalue weighted by Gasteiger charge is 2.35. The lowest BCUT2D eigenvalue weighted by Gasteiger charge is -2.28. The molecule has 0 aliphatic carbocycles. The number of para-hydroxylation sites is 2. The molecule has 2 aromatic heterocycles. The number of carbonyl (C=O) groups is 1. The molecule has 1 atom stereocenters. The number of nitrogens with one attached hydrogen (secondary N) is 2. The molecule has 170 valence electrons. The van der Waals surface area contributed by atoms with E-state index in [0.717, 1.165) is 16.7 Å². The van der Waals surface area contributed by atoms with E-state index < -0.39 is 6.04 Å². The number of hydrogen-bond donors (Lipinski definition) is 2. The Kier molecular flexibility index (Phi) is 5.55. The summed E-state index contributed by atoms with van der Waals surface area (Å²) in [6, 6.07) is 18.6. The third-order valence-electron chi connectivity index (χ3n) is 5.84. The highest BCUT2D eigenvalue weighted by Crippen LogP contribution is 2.37. The van der Waals surface area contributed by atoms with Crippen molar-refractivity contribution in [3.63, 3.8) is 0 Å². The minimum absolute atomic E-state index is 0.262. The third kappa shape index (κ3) is 3.79. The first-order valence-electron chi connectivity index (χ1n) is 10.9. The number of hydrogen-bond acceptors (Lipinski definition) is 6. The Morgan fingerprint density at radius 3 is 2.62 bits per heavy atom. The average Bonchev–Trinajstić information content (AvgIpc) is 3.27. The molecule has 0 fully saturated rings. The summed E-state index contributed by atoms with van der Waals surface area (Å²) >= 11 is 0. The number of methoxy groups -OCH3 is 1. The van der Waals surface area contributed by atoms with Crippen LogP contribution in [0, 0.1) is 6.92 Å². The molecule has 4 aromatic rings. The molecule has 0 saturated heterocycles. The van der Waals surface area contributed by atoms with Crippen LogP contribution < -0.4 is 15.4 Å². The molecule has 0 radical (unpaired) electrons. The maximum Gasteiger partial charge on any atom is 0.255 e. The highest BCUT2D eigenvalue weighted by atomic mass is 16.5. The van der Waals surface area contributed by atoms with Gasteiger partial charge in [-0.15, -0.1) is 5.10 Å². The van der Waals surface area contributed by atoms with E-state index in [9.17, 15) is 4.79 Å². The van der Waals surface area contributed by atoms with Gasteiger partial charge < -0.3 is 15.4 Å². The predicted octanol–water partition coefficient (Wildman–Crippen LogP) is 4.58. The van der Waals surface area contributed by atoms with Gasteiger partial charge in [0.1, 0.15) is 11.8 Å². The Morgan fingerprint density at radius 1 is 1.06 bits per heavy atom. The molecular weight excluding hydrogens is 428 g/mol. The van der Waals surface area contributed by atoms with Gasteiger partial charge in [0, 0.05) is 23.7 Å². The Balaban J connectivity index is 1.60.